The van der Waals surface area contributed by atoms with E-state index in [9.17, 15) is 0 Å². The lowest BCUT2D eigenvalue weighted by molar-refractivity contribution is 1.33. The van der Waals surface area contributed by atoms with Gasteiger partial charge in [0, 0.05) is 22.3 Å². The summed E-state index contributed by atoms with van der Waals surface area (Å²) in [6.07, 6.45) is 1.44. The fourth-order valence-corrected chi connectivity index (χ4v) is 2.65. The first-order valence-corrected chi connectivity index (χ1v) is 5.88. The van der Waals surface area contributed by atoms with Gasteiger partial charge in [0.05, 0.1) is 15.6 Å². The Morgan fingerprint density at radius 2 is 1.56 bits per heavy atom. The summed E-state index contributed by atoms with van der Waals surface area (Å²) in [5, 5.41) is 19.0. The van der Waals surface area contributed by atoms with Crippen molar-refractivity contribution in [1.29, 1.82) is 10.5 Å². The van der Waals surface area contributed by atoms with Crippen LogP contribution < -0.4 is 0 Å². The lowest BCUT2D eigenvalue weighted by atomic mass is 10.0. The van der Waals surface area contributed by atoms with Crippen LogP contribution in [0.2, 0.25) is 15.1 Å². The Labute approximate surface area is 118 Å². The maximum absolute atomic E-state index is 9.03. The molecule has 0 radical (unpaired) electrons. The highest BCUT2D eigenvalue weighted by molar-refractivity contribution is 6.42. The van der Waals surface area contributed by atoms with Crippen molar-refractivity contribution < 1.29 is 0 Å². The van der Waals surface area contributed by atoms with Crippen LogP contribution in [0.5, 0.6) is 0 Å². The van der Waals surface area contributed by atoms with Crippen molar-refractivity contribution in [3.63, 3.8) is 0 Å². The summed E-state index contributed by atoms with van der Waals surface area (Å²) in [6.45, 7) is 0. The second kappa shape index (κ2) is 4.92. The van der Waals surface area contributed by atoms with Gasteiger partial charge >= 0.3 is 0 Å². The zero-order chi connectivity index (χ0) is 13.3. The van der Waals surface area contributed by atoms with Gasteiger partial charge in [-0.3, -0.25) is 0 Å². The third-order valence-electron chi connectivity index (χ3n) is 2.37. The Bertz CT molecular complexity index is 650. The second-order valence-corrected chi connectivity index (χ2v) is 4.67. The van der Waals surface area contributed by atoms with Gasteiger partial charge in [-0.05, 0) is 12.1 Å². The Kier molecular flexibility index (Phi) is 3.50. The maximum atomic E-state index is 9.03. The van der Waals surface area contributed by atoms with Gasteiger partial charge in [0.25, 0.3) is 0 Å². The third kappa shape index (κ3) is 2.05. The van der Waals surface area contributed by atoms with Crippen LogP contribution in [-0.4, -0.2) is 4.98 Å². The van der Waals surface area contributed by atoms with Gasteiger partial charge in [0.1, 0.15) is 17.8 Å². The molecule has 0 saturated carbocycles. The molecule has 6 heteroatoms. The van der Waals surface area contributed by atoms with E-state index in [0.29, 0.717) is 31.8 Å². The molecule has 88 valence electrons. The molecule has 0 aliphatic heterocycles. The number of hydrogen-bond acceptors (Lipinski definition) is 2. The van der Waals surface area contributed by atoms with Gasteiger partial charge in [0.15, 0.2) is 0 Å². The van der Waals surface area contributed by atoms with E-state index in [-0.39, 0.29) is 5.69 Å². The molecule has 0 bridgehead atoms. The molecule has 1 aromatic heterocycles. The van der Waals surface area contributed by atoms with Crippen LogP contribution in [0, 0.1) is 22.7 Å². The number of aromatic amines is 1. The van der Waals surface area contributed by atoms with Crippen molar-refractivity contribution in [1.82, 2.24) is 4.98 Å². The topological polar surface area (TPSA) is 63.4 Å². The molecular formula is C12H4Cl3N3. The van der Waals surface area contributed by atoms with Gasteiger partial charge in [-0.2, -0.15) is 10.5 Å². The molecule has 1 heterocycles. The van der Waals surface area contributed by atoms with Crippen molar-refractivity contribution >= 4 is 34.8 Å². The standard InChI is InChI=1S/C12H4Cl3N3/c13-7-1-8(14)12(9(15)2-7)11-6(3-16)5-18-10(11)4-17/h1-2,5,18H. The first-order valence-electron chi connectivity index (χ1n) is 4.75. The van der Waals surface area contributed by atoms with E-state index < -0.39 is 0 Å². The van der Waals surface area contributed by atoms with Gasteiger partial charge < -0.3 is 4.98 Å². The Hall–Kier alpha value is -1.65. The Morgan fingerprint density at radius 1 is 0.944 bits per heavy atom. The van der Waals surface area contributed by atoms with E-state index in [4.69, 9.17) is 45.3 Å². The van der Waals surface area contributed by atoms with E-state index in [1.807, 2.05) is 12.1 Å². The molecule has 1 aromatic carbocycles. The monoisotopic (exact) mass is 295 g/mol. The number of aromatic nitrogens is 1. The lowest BCUT2D eigenvalue weighted by Gasteiger charge is -2.07. The fourth-order valence-electron chi connectivity index (χ4n) is 1.64. The first-order chi connectivity index (χ1) is 8.58. The van der Waals surface area contributed by atoms with Gasteiger partial charge in [-0.25, -0.2) is 0 Å². The molecule has 0 unspecified atom stereocenters. The second-order valence-electron chi connectivity index (χ2n) is 3.42. The van der Waals surface area contributed by atoms with E-state index in [2.05, 4.69) is 4.98 Å². The van der Waals surface area contributed by atoms with Crippen molar-refractivity contribution in [3.8, 4) is 23.3 Å². The predicted octanol–water partition coefficient (Wildman–Crippen LogP) is 4.39. The molecule has 18 heavy (non-hydrogen) atoms. The SMILES string of the molecule is N#Cc1c[nH]c(C#N)c1-c1c(Cl)cc(Cl)cc1Cl. The van der Waals surface area contributed by atoms with Crippen LogP contribution in [-0.2, 0) is 0 Å². The summed E-state index contributed by atoms with van der Waals surface area (Å²) < 4.78 is 0. The fraction of sp³-hybridized carbons (Fsp3) is 0. The predicted molar refractivity (Wildman–Crippen MR) is 70.7 cm³/mol. The largest absolute Gasteiger partial charge is 0.351 e. The average molecular weight is 297 g/mol. The van der Waals surface area contributed by atoms with E-state index >= 15 is 0 Å². The number of halogens is 3. The normalized spacial score (nSPS) is 9.83. The minimum atomic E-state index is 0.234. The molecule has 2 rings (SSSR count). The molecular weight excluding hydrogens is 293 g/mol. The molecule has 1 N–H and O–H groups in total. The van der Waals surface area contributed by atoms with Crippen LogP contribution in [0.25, 0.3) is 11.1 Å². The molecule has 0 atom stereocenters. The summed E-state index contributed by atoms with van der Waals surface area (Å²) in [7, 11) is 0. The average Bonchev–Trinajstić information content (AvgIpc) is 2.70. The smallest absolute Gasteiger partial charge is 0.127 e. The van der Waals surface area contributed by atoms with Crippen molar-refractivity contribution in [2.75, 3.05) is 0 Å². The highest BCUT2D eigenvalue weighted by Gasteiger charge is 2.19. The van der Waals surface area contributed by atoms with Crippen LogP contribution in [0.4, 0.5) is 0 Å². The number of nitriles is 2. The van der Waals surface area contributed by atoms with Crippen molar-refractivity contribution in [2.45, 2.75) is 0 Å². The van der Waals surface area contributed by atoms with Gasteiger partial charge in [-0.15, -0.1) is 0 Å². The highest BCUT2D eigenvalue weighted by atomic mass is 35.5. The van der Waals surface area contributed by atoms with Crippen molar-refractivity contribution in [2.24, 2.45) is 0 Å². The van der Waals surface area contributed by atoms with E-state index in [1.165, 1.54) is 18.3 Å². The Balaban J connectivity index is 2.82. The number of hydrogen-bond donors (Lipinski definition) is 1. The molecule has 2 aromatic rings. The number of nitrogens with one attached hydrogen (secondary N) is 1. The molecule has 0 aliphatic rings. The van der Waals surface area contributed by atoms with E-state index in [1.54, 1.807) is 0 Å². The zero-order valence-corrected chi connectivity index (χ0v) is 11.0. The number of rotatable bonds is 1. The first kappa shape index (κ1) is 12.8. The quantitative estimate of drug-likeness (QED) is 0.848. The van der Waals surface area contributed by atoms with E-state index in [0.717, 1.165) is 0 Å². The molecule has 3 nitrogen and oxygen atoms in total. The van der Waals surface area contributed by atoms with Gasteiger partial charge in [-0.1, -0.05) is 34.8 Å². The number of nitrogens with zero attached hydrogens (tertiary/aromatic N) is 2. The molecule has 0 amide bonds. The Morgan fingerprint density at radius 3 is 2.06 bits per heavy atom. The third-order valence-corrected chi connectivity index (χ3v) is 3.18. The molecule has 0 spiro atoms. The van der Waals surface area contributed by atoms with Crippen molar-refractivity contribution in [3.05, 3.63) is 44.7 Å². The molecule has 0 fully saturated rings. The molecule has 0 aliphatic carbocycles. The van der Waals surface area contributed by atoms with Crippen LogP contribution in [0.15, 0.2) is 18.3 Å². The van der Waals surface area contributed by atoms with Crippen LogP contribution >= 0.6 is 34.8 Å². The lowest BCUT2D eigenvalue weighted by Crippen LogP contribution is -1.87. The summed E-state index contributed by atoms with van der Waals surface area (Å²) >= 11 is 18.0. The number of benzene rings is 1. The summed E-state index contributed by atoms with van der Waals surface area (Å²) in [5.74, 6) is 0. The summed E-state index contributed by atoms with van der Waals surface area (Å²) in [6, 6.07) is 6.97. The zero-order valence-electron chi connectivity index (χ0n) is 8.76. The maximum Gasteiger partial charge on any atom is 0.127 e. The summed E-state index contributed by atoms with van der Waals surface area (Å²) in [4.78, 5) is 2.71. The minimum Gasteiger partial charge on any atom is -0.351 e. The highest BCUT2D eigenvalue weighted by Crippen LogP contribution is 2.40. The minimum absolute atomic E-state index is 0.234. The van der Waals surface area contributed by atoms with Crippen LogP contribution in [0.3, 0.4) is 0 Å². The van der Waals surface area contributed by atoms with Gasteiger partial charge in [0.2, 0.25) is 0 Å². The van der Waals surface area contributed by atoms with Crippen LogP contribution in [0.1, 0.15) is 11.3 Å². The summed E-state index contributed by atoms with van der Waals surface area (Å²) in [5.41, 5.74) is 1.36. The number of H-pyrrole nitrogens is 1. The molecule has 0 saturated heterocycles.